The number of amides is 1. The molecule has 0 heterocycles. The molecule has 1 aromatic rings. The highest BCUT2D eigenvalue weighted by Gasteiger charge is 2.20. The number of benzene rings is 1. The minimum atomic E-state index is -0.784. The Labute approximate surface area is 169 Å². The fourth-order valence-corrected chi connectivity index (χ4v) is 3.34. The number of aliphatic hydroxyl groups is 2. The van der Waals surface area contributed by atoms with Gasteiger partial charge in [0, 0.05) is 5.56 Å². The number of hydrogen-bond donors (Lipinski definition) is 3. The molecular weight excluding hydrogens is 357 g/mol. The standard InChI is InChI=1S/C23H38FNO3/c1-2-3-4-5-6-7-8-9-10-11-12-13-22(27)21(18-26)25-23(28)19-14-16-20(24)17-15-19/h14-17,21-22,26-27H,2-13,18H2,1H3,(H,25,28). The molecule has 28 heavy (non-hydrogen) atoms. The normalized spacial score (nSPS) is 13.3. The molecule has 0 fully saturated rings. The van der Waals surface area contributed by atoms with Crippen molar-refractivity contribution in [3.05, 3.63) is 35.6 Å². The summed E-state index contributed by atoms with van der Waals surface area (Å²) in [7, 11) is 0. The van der Waals surface area contributed by atoms with Gasteiger partial charge in [0.2, 0.25) is 0 Å². The first-order valence-electron chi connectivity index (χ1n) is 10.9. The summed E-state index contributed by atoms with van der Waals surface area (Å²) in [6.45, 7) is 1.91. The number of carbonyl (C=O) groups excluding carboxylic acids is 1. The molecule has 4 nitrogen and oxygen atoms in total. The zero-order chi connectivity index (χ0) is 20.6. The third-order valence-electron chi connectivity index (χ3n) is 5.19. The van der Waals surface area contributed by atoms with Gasteiger partial charge in [-0.1, -0.05) is 77.6 Å². The van der Waals surface area contributed by atoms with E-state index < -0.39 is 23.9 Å². The molecule has 160 valence electrons. The van der Waals surface area contributed by atoms with Crippen molar-refractivity contribution in [2.24, 2.45) is 0 Å². The van der Waals surface area contributed by atoms with Crippen LogP contribution in [-0.2, 0) is 0 Å². The lowest BCUT2D eigenvalue weighted by molar-refractivity contribution is 0.0661. The Hall–Kier alpha value is -1.46. The molecule has 0 saturated carbocycles. The second-order valence-electron chi connectivity index (χ2n) is 7.66. The highest BCUT2D eigenvalue weighted by molar-refractivity contribution is 5.94. The van der Waals surface area contributed by atoms with Crippen LogP contribution >= 0.6 is 0 Å². The van der Waals surface area contributed by atoms with Gasteiger partial charge in [-0.05, 0) is 30.7 Å². The Bertz CT molecular complexity index is 521. The van der Waals surface area contributed by atoms with Crippen molar-refractivity contribution in [1.29, 1.82) is 0 Å². The molecule has 1 aromatic carbocycles. The van der Waals surface area contributed by atoms with Crippen molar-refractivity contribution >= 4 is 5.91 Å². The average Bonchev–Trinajstić information content (AvgIpc) is 2.70. The fourth-order valence-electron chi connectivity index (χ4n) is 3.34. The predicted octanol–water partition coefficient (Wildman–Crippen LogP) is 4.98. The fraction of sp³-hybridized carbons (Fsp3) is 0.696. The van der Waals surface area contributed by atoms with Crippen molar-refractivity contribution < 1.29 is 19.4 Å². The van der Waals surface area contributed by atoms with E-state index in [1.807, 2.05) is 0 Å². The number of carbonyl (C=O) groups is 1. The molecule has 0 radical (unpaired) electrons. The summed E-state index contributed by atoms with van der Waals surface area (Å²) in [4.78, 5) is 12.1. The Balaban J connectivity index is 2.13. The van der Waals surface area contributed by atoms with Crippen LogP contribution in [0.2, 0.25) is 0 Å². The van der Waals surface area contributed by atoms with E-state index in [0.717, 1.165) is 19.3 Å². The van der Waals surface area contributed by atoms with Gasteiger partial charge in [0.1, 0.15) is 5.82 Å². The van der Waals surface area contributed by atoms with Gasteiger partial charge < -0.3 is 15.5 Å². The number of aliphatic hydroxyl groups excluding tert-OH is 2. The molecule has 0 aliphatic rings. The van der Waals surface area contributed by atoms with Crippen LogP contribution in [0, 0.1) is 5.82 Å². The lowest BCUT2D eigenvalue weighted by atomic mass is 10.0. The van der Waals surface area contributed by atoms with E-state index in [0.29, 0.717) is 12.0 Å². The molecule has 2 unspecified atom stereocenters. The van der Waals surface area contributed by atoms with Gasteiger partial charge >= 0.3 is 0 Å². The lowest BCUT2D eigenvalue weighted by Crippen LogP contribution is -2.45. The number of unbranched alkanes of at least 4 members (excludes halogenated alkanes) is 10. The molecule has 3 N–H and O–H groups in total. The van der Waals surface area contributed by atoms with Gasteiger partial charge in [-0.25, -0.2) is 4.39 Å². The van der Waals surface area contributed by atoms with Gasteiger partial charge in [-0.3, -0.25) is 4.79 Å². The molecule has 0 aliphatic heterocycles. The highest BCUT2D eigenvalue weighted by Crippen LogP contribution is 2.13. The molecule has 5 heteroatoms. The first kappa shape index (κ1) is 24.6. The summed E-state index contributed by atoms with van der Waals surface area (Å²) in [6, 6.07) is 4.49. The Morgan fingerprint density at radius 1 is 0.929 bits per heavy atom. The first-order chi connectivity index (χ1) is 13.6. The quantitative estimate of drug-likeness (QED) is 0.346. The number of nitrogens with one attached hydrogen (secondary N) is 1. The Kier molecular flexibility index (Phi) is 13.6. The van der Waals surface area contributed by atoms with E-state index in [-0.39, 0.29) is 6.61 Å². The molecule has 0 bridgehead atoms. The summed E-state index contributed by atoms with van der Waals surface area (Å²) >= 11 is 0. The van der Waals surface area contributed by atoms with Crippen molar-refractivity contribution in [3.63, 3.8) is 0 Å². The maximum Gasteiger partial charge on any atom is 0.251 e. The lowest BCUT2D eigenvalue weighted by Gasteiger charge is -2.22. The van der Waals surface area contributed by atoms with Crippen molar-refractivity contribution in [1.82, 2.24) is 5.32 Å². The monoisotopic (exact) mass is 395 g/mol. The maximum absolute atomic E-state index is 12.9. The molecule has 0 spiro atoms. The summed E-state index contributed by atoms with van der Waals surface area (Å²) < 4.78 is 12.9. The zero-order valence-electron chi connectivity index (χ0n) is 17.3. The zero-order valence-corrected chi connectivity index (χ0v) is 17.3. The van der Waals surface area contributed by atoms with Crippen LogP contribution in [-0.4, -0.2) is 34.9 Å². The smallest absolute Gasteiger partial charge is 0.251 e. The summed E-state index contributed by atoms with van der Waals surface area (Å²) in [5, 5.41) is 22.4. The van der Waals surface area contributed by atoms with E-state index in [1.54, 1.807) is 0 Å². The second kappa shape index (κ2) is 15.5. The molecule has 2 atom stereocenters. The largest absolute Gasteiger partial charge is 0.394 e. The van der Waals surface area contributed by atoms with Gasteiger partial charge in [0.15, 0.2) is 0 Å². The Morgan fingerprint density at radius 2 is 1.43 bits per heavy atom. The van der Waals surface area contributed by atoms with Crippen LogP contribution in [0.1, 0.15) is 94.3 Å². The van der Waals surface area contributed by atoms with Crippen LogP contribution in [0.3, 0.4) is 0 Å². The van der Waals surface area contributed by atoms with Gasteiger partial charge in [-0.2, -0.15) is 0 Å². The number of rotatable bonds is 16. The average molecular weight is 396 g/mol. The number of hydrogen-bond acceptors (Lipinski definition) is 3. The highest BCUT2D eigenvalue weighted by atomic mass is 19.1. The summed E-state index contributed by atoms with van der Waals surface area (Å²) in [6.07, 6.45) is 13.4. The maximum atomic E-state index is 12.9. The first-order valence-corrected chi connectivity index (χ1v) is 10.9. The van der Waals surface area contributed by atoms with E-state index in [1.165, 1.54) is 75.6 Å². The van der Waals surface area contributed by atoms with E-state index in [9.17, 15) is 19.4 Å². The third-order valence-corrected chi connectivity index (χ3v) is 5.19. The SMILES string of the molecule is CCCCCCCCCCCCCC(O)C(CO)NC(=O)c1ccc(F)cc1. The van der Waals surface area contributed by atoms with Crippen LogP contribution in [0.4, 0.5) is 4.39 Å². The molecule has 0 aromatic heterocycles. The van der Waals surface area contributed by atoms with Crippen molar-refractivity contribution in [2.45, 2.75) is 96.1 Å². The van der Waals surface area contributed by atoms with Crippen LogP contribution < -0.4 is 5.32 Å². The summed E-state index contributed by atoms with van der Waals surface area (Å²) in [5.41, 5.74) is 0.307. The van der Waals surface area contributed by atoms with E-state index >= 15 is 0 Å². The molecular formula is C23H38FNO3. The van der Waals surface area contributed by atoms with Crippen LogP contribution in [0.5, 0.6) is 0 Å². The van der Waals surface area contributed by atoms with E-state index in [2.05, 4.69) is 12.2 Å². The van der Waals surface area contributed by atoms with Crippen LogP contribution in [0.15, 0.2) is 24.3 Å². The minimum Gasteiger partial charge on any atom is -0.394 e. The second-order valence-corrected chi connectivity index (χ2v) is 7.66. The predicted molar refractivity (Wildman–Crippen MR) is 112 cm³/mol. The van der Waals surface area contributed by atoms with Gasteiger partial charge in [0.05, 0.1) is 18.8 Å². The Morgan fingerprint density at radius 3 is 1.93 bits per heavy atom. The molecule has 1 rings (SSSR count). The van der Waals surface area contributed by atoms with E-state index in [4.69, 9.17) is 0 Å². The minimum absolute atomic E-state index is 0.307. The van der Waals surface area contributed by atoms with Gasteiger partial charge in [-0.15, -0.1) is 0 Å². The number of halogens is 1. The molecule has 0 aliphatic carbocycles. The summed E-state index contributed by atoms with van der Waals surface area (Å²) in [5.74, 6) is -0.830. The van der Waals surface area contributed by atoms with Gasteiger partial charge in [0.25, 0.3) is 5.91 Å². The third kappa shape index (κ3) is 10.8. The topological polar surface area (TPSA) is 69.6 Å². The van der Waals surface area contributed by atoms with Crippen LogP contribution in [0.25, 0.3) is 0 Å². The molecule has 0 saturated heterocycles. The van der Waals surface area contributed by atoms with Crippen molar-refractivity contribution in [3.8, 4) is 0 Å². The molecule has 1 amide bonds. The van der Waals surface area contributed by atoms with Crippen molar-refractivity contribution in [2.75, 3.05) is 6.61 Å².